The number of hydrogen-bond donors (Lipinski definition) is 1. The van der Waals surface area contributed by atoms with Gasteiger partial charge in [0.15, 0.2) is 0 Å². The van der Waals surface area contributed by atoms with E-state index in [9.17, 15) is 18.0 Å². The van der Waals surface area contributed by atoms with Crippen LogP contribution in [0.2, 0.25) is 0 Å². The number of rotatable bonds is 4. The van der Waals surface area contributed by atoms with Gasteiger partial charge in [-0.3, -0.25) is 4.79 Å². The molecule has 3 nitrogen and oxygen atoms in total. The molecule has 140 valence electrons. The molecule has 25 heavy (non-hydrogen) atoms. The van der Waals surface area contributed by atoms with Gasteiger partial charge in [0, 0.05) is 24.5 Å². The van der Waals surface area contributed by atoms with Gasteiger partial charge in [0.1, 0.15) is 0 Å². The highest BCUT2D eigenvalue weighted by molar-refractivity contribution is 5.85. The van der Waals surface area contributed by atoms with Crippen LogP contribution in [-0.2, 0) is 11.2 Å². The lowest BCUT2D eigenvalue weighted by molar-refractivity contribution is -0.191. The average molecular weight is 377 g/mol. The number of aryl methyl sites for hydroxylation is 1. The van der Waals surface area contributed by atoms with Gasteiger partial charge < -0.3 is 10.6 Å². The Morgan fingerprint density at radius 2 is 1.88 bits per heavy atom. The molecule has 3 rings (SSSR count). The number of piperidine rings is 1. The Labute approximate surface area is 152 Å². The molecule has 2 unspecified atom stereocenters. The molecule has 1 heterocycles. The Morgan fingerprint density at radius 3 is 2.40 bits per heavy atom. The summed E-state index contributed by atoms with van der Waals surface area (Å²) in [7, 11) is 0. The van der Waals surface area contributed by atoms with Crippen LogP contribution >= 0.6 is 12.4 Å². The number of halogens is 4. The number of alkyl halides is 3. The van der Waals surface area contributed by atoms with Crippen LogP contribution in [0.4, 0.5) is 13.2 Å². The van der Waals surface area contributed by atoms with Crippen molar-refractivity contribution in [1.82, 2.24) is 4.90 Å². The van der Waals surface area contributed by atoms with Gasteiger partial charge in [-0.25, -0.2) is 0 Å². The van der Waals surface area contributed by atoms with E-state index in [2.05, 4.69) is 0 Å². The standard InChI is InChI=1S/C18H23F3N2O.ClH/c19-18(20,21)14-7-11-23(12-15(14)22)16(24)17(9-10-17)8-6-13-4-2-1-3-5-13;/h1-5,14-15H,6-12,22H2;1H. The van der Waals surface area contributed by atoms with Gasteiger partial charge in [0.25, 0.3) is 0 Å². The van der Waals surface area contributed by atoms with E-state index in [0.717, 1.165) is 25.7 Å². The second-order valence-electron chi connectivity index (χ2n) is 7.12. The monoisotopic (exact) mass is 376 g/mol. The van der Waals surface area contributed by atoms with E-state index in [-0.39, 0.29) is 43.2 Å². The van der Waals surface area contributed by atoms with Gasteiger partial charge in [0.2, 0.25) is 5.91 Å². The molecule has 2 fully saturated rings. The number of likely N-dealkylation sites (tertiary alicyclic amines) is 1. The maximum atomic E-state index is 12.9. The molecular formula is C18H24ClF3N2O. The molecule has 1 amide bonds. The van der Waals surface area contributed by atoms with Crippen LogP contribution in [-0.4, -0.2) is 36.1 Å². The molecule has 2 atom stereocenters. The molecule has 0 radical (unpaired) electrons. The number of amides is 1. The zero-order valence-electron chi connectivity index (χ0n) is 14.0. The lowest BCUT2D eigenvalue weighted by atomic mass is 9.89. The zero-order valence-corrected chi connectivity index (χ0v) is 14.8. The van der Waals surface area contributed by atoms with Crippen molar-refractivity contribution < 1.29 is 18.0 Å². The predicted molar refractivity (Wildman–Crippen MR) is 92.4 cm³/mol. The normalized spacial score (nSPS) is 25.2. The van der Waals surface area contributed by atoms with E-state index in [1.807, 2.05) is 30.3 Å². The van der Waals surface area contributed by atoms with Gasteiger partial charge in [-0.1, -0.05) is 30.3 Å². The summed E-state index contributed by atoms with van der Waals surface area (Å²) in [5.41, 5.74) is 6.52. The second-order valence-corrected chi connectivity index (χ2v) is 7.12. The van der Waals surface area contributed by atoms with Crippen molar-refractivity contribution in [2.45, 2.75) is 44.3 Å². The Balaban J connectivity index is 0.00000225. The lowest BCUT2D eigenvalue weighted by Crippen LogP contribution is -2.55. The first-order valence-corrected chi connectivity index (χ1v) is 8.47. The molecule has 0 bridgehead atoms. The Hall–Kier alpha value is -1.27. The minimum atomic E-state index is -4.28. The largest absolute Gasteiger partial charge is 0.393 e. The highest BCUT2D eigenvalue weighted by Gasteiger charge is 2.53. The van der Waals surface area contributed by atoms with E-state index < -0.39 is 18.1 Å². The summed E-state index contributed by atoms with van der Waals surface area (Å²) in [5.74, 6) is -1.50. The quantitative estimate of drug-likeness (QED) is 0.873. The molecule has 1 aromatic carbocycles. The number of nitrogens with two attached hydrogens (primary N) is 1. The molecule has 2 N–H and O–H groups in total. The van der Waals surface area contributed by atoms with Crippen molar-refractivity contribution in [1.29, 1.82) is 0 Å². The first-order chi connectivity index (χ1) is 11.3. The lowest BCUT2D eigenvalue weighted by Gasteiger charge is -2.39. The molecule has 0 aromatic heterocycles. The second kappa shape index (κ2) is 7.54. The van der Waals surface area contributed by atoms with Gasteiger partial charge in [-0.15, -0.1) is 12.4 Å². The summed E-state index contributed by atoms with van der Waals surface area (Å²) < 4.78 is 38.7. The third-order valence-corrected chi connectivity index (χ3v) is 5.41. The minimum Gasteiger partial charge on any atom is -0.341 e. The maximum absolute atomic E-state index is 12.9. The summed E-state index contributed by atoms with van der Waals surface area (Å²) in [4.78, 5) is 14.4. The molecule has 7 heteroatoms. The first-order valence-electron chi connectivity index (χ1n) is 8.47. The van der Waals surface area contributed by atoms with Crippen LogP contribution in [0.3, 0.4) is 0 Å². The molecule has 1 aromatic rings. The number of carbonyl (C=O) groups is 1. The average Bonchev–Trinajstić information content (AvgIpc) is 3.33. The summed E-state index contributed by atoms with van der Waals surface area (Å²) in [6.07, 6.45) is -1.15. The van der Waals surface area contributed by atoms with E-state index in [1.54, 1.807) is 4.90 Å². The van der Waals surface area contributed by atoms with Crippen molar-refractivity contribution >= 4 is 18.3 Å². The summed E-state index contributed by atoms with van der Waals surface area (Å²) >= 11 is 0. The van der Waals surface area contributed by atoms with Crippen molar-refractivity contribution in [3.05, 3.63) is 35.9 Å². The number of benzene rings is 1. The topological polar surface area (TPSA) is 46.3 Å². The zero-order chi connectivity index (χ0) is 17.4. The molecule has 1 saturated carbocycles. The van der Waals surface area contributed by atoms with Crippen molar-refractivity contribution in [3.8, 4) is 0 Å². The van der Waals surface area contributed by atoms with Crippen molar-refractivity contribution in [2.75, 3.05) is 13.1 Å². The Bertz CT molecular complexity index is 590. The predicted octanol–water partition coefficient (Wildman–Crippen LogP) is 3.56. The fourth-order valence-electron chi connectivity index (χ4n) is 3.66. The molecule has 2 aliphatic rings. The maximum Gasteiger partial charge on any atom is 0.393 e. The van der Waals surface area contributed by atoms with Gasteiger partial charge in [-0.05, 0) is 37.7 Å². The SMILES string of the molecule is Cl.NC1CN(C(=O)C2(CCc3ccccc3)CC2)CCC1C(F)(F)F. The summed E-state index contributed by atoms with van der Waals surface area (Å²) in [6.45, 7) is 0.167. The summed E-state index contributed by atoms with van der Waals surface area (Å²) in [5, 5.41) is 0. The van der Waals surface area contributed by atoms with Crippen LogP contribution in [0.5, 0.6) is 0 Å². The van der Waals surface area contributed by atoms with E-state index in [4.69, 9.17) is 5.73 Å². The van der Waals surface area contributed by atoms with Gasteiger partial charge in [0.05, 0.1) is 5.92 Å². The van der Waals surface area contributed by atoms with Gasteiger partial charge in [-0.2, -0.15) is 13.2 Å². The Kier molecular flexibility index (Phi) is 6.05. The number of nitrogens with zero attached hydrogens (tertiary/aromatic N) is 1. The van der Waals surface area contributed by atoms with Crippen LogP contribution in [0.1, 0.15) is 31.2 Å². The van der Waals surface area contributed by atoms with Crippen LogP contribution < -0.4 is 5.73 Å². The van der Waals surface area contributed by atoms with Crippen LogP contribution in [0.15, 0.2) is 30.3 Å². The fourth-order valence-corrected chi connectivity index (χ4v) is 3.66. The Morgan fingerprint density at radius 1 is 1.24 bits per heavy atom. The van der Waals surface area contributed by atoms with Crippen molar-refractivity contribution in [2.24, 2.45) is 17.1 Å². The van der Waals surface area contributed by atoms with Crippen LogP contribution in [0, 0.1) is 11.3 Å². The van der Waals surface area contributed by atoms with Crippen molar-refractivity contribution in [3.63, 3.8) is 0 Å². The third-order valence-electron chi connectivity index (χ3n) is 5.41. The van der Waals surface area contributed by atoms with Gasteiger partial charge >= 0.3 is 6.18 Å². The molecule has 1 aliphatic heterocycles. The molecule has 0 spiro atoms. The summed E-state index contributed by atoms with van der Waals surface area (Å²) in [6, 6.07) is 8.94. The highest BCUT2D eigenvalue weighted by Crippen LogP contribution is 2.51. The molecular weight excluding hydrogens is 353 g/mol. The van der Waals surface area contributed by atoms with E-state index in [0.29, 0.717) is 0 Å². The number of carbonyl (C=O) groups excluding carboxylic acids is 1. The van der Waals surface area contributed by atoms with E-state index in [1.165, 1.54) is 5.56 Å². The highest BCUT2D eigenvalue weighted by atomic mass is 35.5. The first kappa shape index (κ1) is 20.0. The molecule has 1 saturated heterocycles. The third kappa shape index (κ3) is 4.47. The number of hydrogen-bond acceptors (Lipinski definition) is 2. The van der Waals surface area contributed by atoms with Crippen LogP contribution in [0.25, 0.3) is 0 Å². The van der Waals surface area contributed by atoms with E-state index >= 15 is 0 Å². The molecule has 1 aliphatic carbocycles. The minimum absolute atomic E-state index is 0. The fraction of sp³-hybridized carbons (Fsp3) is 0.611. The smallest absolute Gasteiger partial charge is 0.341 e.